The maximum absolute atomic E-state index is 11.8. The molecule has 2 N–H and O–H groups in total. The number of hydrogen-bond donors (Lipinski definition) is 2. The summed E-state index contributed by atoms with van der Waals surface area (Å²) in [6, 6.07) is 7.38. The van der Waals surface area contributed by atoms with E-state index in [9.17, 15) is 9.90 Å². The van der Waals surface area contributed by atoms with Gasteiger partial charge in [0.25, 0.3) is 5.56 Å². The van der Waals surface area contributed by atoms with Crippen LogP contribution in [-0.4, -0.2) is 14.9 Å². The zero-order valence-corrected chi connectivity index (χ0v) is 10.3. The average Bonchev–Trinajstić information content (AvgIpc) is 2.68. The predicted molar refractivity (Wildman–Crippen MR) is 69.0 cm³/mol. The van der Waals surface area contributed by atoms with Crippen molar-refractivity contribution in [2.45, 2.75) is 32.3 Å². The van der Waals surface area contributed by atoms with Crippen molar-refractivity contribution >= 4 is 0 Å². The zero-order chi connectivity index (χ0) is 12.7. The van der Waals surface area contributed by atoms with E-state index in [4.69, 9.17) is 0 Å². The molecular formula is C14H16N2O2. The second-order valence-corrected chi connectivity index (χ2v) is 4.90. The lowest BCUT2D eigenvalue weighted by Gasteiger charge is -2.21. The summed E-state index contributed by atoms with van der Waals surface area (Å²) in [5, 5.41) is 12.9. The molecule has 1 aromatic heterocycles. The number of H-pyrrole nitrogens is 1. The van der Waals surface area contributed by atoms with E-state index in [2.05, 4.69) is 5.10 Å². The fourth-order valence-corrected chi connectivity index (χ4v) is 2.62. The van der Waals surface area contributed by atoms with Crippen LogP contribution in [0.25, 0.3) is 5.69 Å². The number of aliphatic hydroxyl groups is 1. The van der Waals surface area contributed by atoms with Gasteiger partial charge in [-0.1, -0.05) is 6.07 Å². The zero-order valence-electron chi connectivity index (χ0n) is 10.3. The van der Waals surface area contributed by atoms with Gasteiger partial charge >= 0.3 is 0 Å². The molecule has 1 atom stereocenters. The van der Waals surface area contributed by atoms with Crippen LogP contribution in [0.15, 0.2) is 29.1 Å². The molecule has 0 saturated heterocycles. The molecule has 18 heavy (non-hydrogen) atoms. The van der Waals surface area contributed by atoms with E-state index in [1.54, 1.807) is 6.07 Å². The Morgan fingerprint density at radius 3 is 2.94 bits per heavy atom. The molecule has 0 bridgehead atoms. The van der Waals surface area contributed by atoms with Crippen molar-refractivity contribution in [1.29, 1.82) is 0 Å². The summed E-state index contributed by atoms with van der Waals surface area (Å²) in [6.45, 7) is 1.86. The molecule has 0 saturated carbocycles. The molecule has 1 aliphatic rings. The van der Waals surface area contributed by atoms with Gasteiger partial charge in [0.2, 0.25) is 0 Å². The molecule has 2 aromatic rings. The molecule has 1 unspecified atom stereocenters. The molecule has 4 nitrogen and oxygen atoms in total. The Morgan fingerprint density at radius 2 is 2.22 bits per heavy atom. The second-order valence-electron chi connectivity index (χ2n) is 4.90. The summed E-state index contributed by atoms with van der Waals surface area (Å²) in [4.78, 5) is 11.8. The quantitative estimate of drug-likeness (QED) is 0.804. The lowest BCUT2D eigenvalue weighted by atomic mass is 9.89. The van der Waals surface area contributed by atoms with Crippen LogP contribution < -0.4 is 5.56 Å². The Morgan fingerprint density at radius 1 is 1.39 bits per heavy atom. The van der Waals surface area contributed by atoms with Gasteiger partial charge in [-0.25, -0.2) is 4.68 Å². The van der Waals surface area contributed by atoms with Crippen molar-refractivity contribution in [3.05, 3.63) is 51.4 Å². The first kappa shape index (κ1) is 11.3. The van der Waals surface area contributed by atoms with E-state index in [1.807, 2.05) is 25.1 Å². The predicted octanol–water partition coefficient (Wildman–Crippen LogP) is 1.84. The fraction of sp³-hybridized carbons (Fsp3) is 0.357. The number of aliphatic hydroxyl groups excluding tert-OH is 1. The van der Waals surface area contributed by atoms with Crippen LogP contribution in [-0.2, 0) is 6.42 Å². The van der Waals surface area contributed by atoms with E-state index in [1.165, 1.54) is 4.68 Å². The Balaban J connectivity index is 2.10. The molecular weight excluding hydrogens is 228 g/mol. The van der Waals surface area contributed by atoms with E-state index in [-0.39, 0.29) is 11.7 Å². The number of nitrogens with one attached hydrogen (secondary N) is 1. The second kappa shape index (κ2) is 4.14. The summed E-state index contributed by atoms with van der Waals surface area (Å²) in [7, 11) is 0. The van der Waals surface area contributed by atoms with E-state index < -0.39 is 0 Å². The van der Waals surface area contributed by atoms with Crippen LogP contribution in [0.4, 0.5) is 0 Å². The molecule has 0 aliphatic heterocycles. The van der Waals surface area contributed by atoms with Gasteiger partial charge in [0.05, 0.1) is 11.8 Å². The first-order valence-electron chi connectivity index (χ1n) is 6.25. The van der Waals surface area contributed by atoms with Crippen LogP contribution in [0.5, 0.6) is 0 Å². The number of aromatic amines is 1. The molecule has 0 fully saturated rings. The third-order valence-corrected chi connectivity index (χ3v) is 3.52. The first-order chi connectivity index (χ1) is 8.65. The minimum atomic E-state index is -0.357. The largest absolute Gasteiger partial charge is 0.388 e. The van der Waals surface area contributed by atoms with Gasteiger partial charge in [-0.05, 0) is 49.4 Å². The number of nitrogens with zero attached hydrogens (tertiary/aromatic N) is 1. The highest BCUT2D eigenvalue weighted by molar-refractivity contribution is 5.42. The van der Waals surface area contributed by atoms with E-state index in [0.29, 0.717) is 0 Å². The summed E-state index contributed by atoms with van der Waals surface area (Å²) < 4.78 is 1.54. The summed E-state index contributed by atoms with van der Waals surface area (Å²) in [6.07, 6.45) is 2.43. The molecule has 1 aliphatic carbocycles. The van der Waals surface area contributed by atoms with Gasteiger partial charge in [0.1, 0.15) is 0 Å². The SMILES string of the molecule is Cc1cc(=O)n(-c2ccc3c(c2)CCCC3O)[nH]1. The number of aromatic nitrogens is 2. The minimum absolute atomic E-state index is 0.0520. The highest BCUT2D eigenvalue weighted by Crippen LogP contribution is 2.30. The van der Waals surface area contributed by atoms with Gasteiger partial charge in [0.15, 0.2) is 0 Å². The number of fused-ring (bicyclic) bond motifs is 1. The molecule has 4 heteroatoms. The first-order valence-corrected chi connectivity index (χ1v) is 6.25. The third-order valence-electron chi connectivity index (χ3n) is 3.52. The summed E-state index contributed by atoms with van der Waals surface area (Å²) in [5.41, 5.74) is 3.77. The fourth-order valence-electron chi connectivity index (χ4n) is 2.62. The topological polar surface area (TPSA) is 58.0 Å². The standard InChI is InChI=1S/C14H16N2O2/c1-9-7-14(18)16(15-9)11-5-6-12-10(8-11)3-2-4-13(12)17/h5-8,13,15,17H,2-4H2,1H3. The highest BCUT2D eigenvalue weighted by Gasteiger charge is 2.18. The van der Waals surface area contributed by atoms with Crippen molar-refractivity contribution in [1.82, 2.24) is 9.78 Å². The third kappa shape index (κ3) is 1.78. The molecule has 94 valence electrons. The van der Waals surface area contributed by atoms with Crippen molar-refractivity contribution in [3.63, 3.8) is 0 Å². The van der Waals surface area contributed by atoms with Gasteiger partial charge in [0, 0.05) is 11.8 Å². The summed E-state index contributed by atoms with van der Waals surface area (Å²) in [5.74, 6) is 0. The highest BCUT2D eigenvalue weighted by atomic mass is 16.3. The Bertz CT molecular complexity index is 639. The molecule has 0 amide bonds. The van der Waals surface area contributed by atoms with E-state index >= 15 is 0 Å². The van der Waals surface area contributed by atoms with Gasteiger partial charge < -0.3 is 5.11 Å². The molecule has 3 rings (SSSR count). The van der Waals surface area contributed by atoms with Crippen molar-refractivity contribution in [3.8, 4) is 5.69 Å². The Labute approximate surface area is 105 Å². The van der Waals surface area contributed by atoms with Crippen LogP contribution in [0.2, 0.25) is 0 Å². The molecule has 0 spiro atoms. The average molecular weight is 244 g/mol. The van der Waals surface area contributed by atoms with Crippen molar-refractivity contribution in [2.75, 3.05) is 0 Å². The molecule has 1 heterocycles. The van der Waals surface area contributed by atoms with Gasteiger partial charge in [-0.15, -0.1) is 0 Å². The Kier molecular flexibility index (Phi) is 2.59. The van der Waals surface area contributed by atoms with Gasteiger partial charge in [-0.3, -0.25) is 9.89 Å². The van der Waals surface area contributed by atoms with Crippen LogP contribution in [0.3, 0.4) is 0 Å². The maximum Gasteiger partial charge on any atom is 0.271 e. The normalized spacial score (nSPS) is 18.7. The van der Waals surface area contributed by atoms with Crippen LogP contribution >= 0.6 is 0 Å². The number of hydrogen-bond acceptors (Lipinski definition) is 2. The van der Waals surface area contributed by atoms with Crippen LogP contribution in [0, 0.1) is 6.92 Å². The number of aryl methyl sites for hydroxylation is 2. The molecule has 0 radical (unpaired) electrons. The maximum atomic E-state index is 11.8. The smallest absolute Gasteiger partial charge is 0.271 e. The van der Waals surface area contributed by atoms with Crippen molar-refractivity contribution in [2.24, 2.45) is 0 Å². The molecule has 1 aromatic carbocycles. The Hall–Kier alpha value is -1.81. The number of benzene rings is 1. The summed E-state index contributed by atoms with van der Waals surface area (Å²) >= 11 is 0. The minimum Gasteiger partial charge on any atom is -0.388 e. The van der Waals surface area contributed by atoms with Gasteiger partial charge in [-0.2, -0.15) is 0 Å². The number of rotatable bonds is 1. The monoisotopic (exact) mass is 244 g/mol. The lowest BCUT2D eigenvalue weighted by Crippen LogP contribution is -2.15. The lowest BCUT2D eigenvalue weighted by molar-refractivity contribution is 0.156. The van der Waals surface area contributed by atoms with Crippen LogP contribution in [0.1, 0.15) is 35.8 Å². The van der Waals surface area contributed by atoms with E-state index in [0.717, 1.165) is 41.8 Å². The van der Waals surface area contributed by atoms with Crippen molar-refractivity contribution < 1.29 is 5.11 Å².